The summed E-state index contributed by atoms with van der Waals surface area (Å²) >= 11 is 0. The Bertz CT molecular complexity index is 2510. The summed E-state index contributed by atoms with van der Waals surface area (Å²) in [5, 5.41) is 120. The molecule has 0 saturated carbocycles. The normalized spacial score (nSPS) is 43.3. The summed E-state index contributed by atoms with van der Waals surface area (Å²) in [5.74, 6) is -6.24. The number of rotatable bonds is 12. The van der Waals surface area contributed by atoms with Crippen LogP contribution in [0, 0.1) is 35.5 Å². The number of alkyl carbamates (subject to hydrolysis) is 1. The quantitative estimate of drug-likeness (QED) is 0.106. The number of benzene rings is 1. The van der Waals surface area contributed by atoms with Gasteiger partial charge in [0, 0.05) is 51.5 Å². The van der Waals surface area contributed by atoms with Gasteiger partial charge in [-0.25, -0.2) is 4.79 Å². The van der Waals surface area contributed by atoms with E-state index in [0.29, 0.717) is 19.5 Å². The molecule has 0 aromatic heterocycles. The molecule has 12 N–H and O–H groups in total. The molecule has 0 radical (unpaired) electrons. The first-order chi connectivity index (χ1) is 43.5. The Morgan fingerprint density at radius 2 is 1.04 bits per heavy atom. The highest BCUT2D eigenvalue weighted by molar-refractivity contribution is 5.82. The van der Waals surface area contributed by atoms with Crippen molar-refractivity contribution in [3.8, 4) is 0 Å². The van der Waals surface area contributed by atoms with Gasteiger partial charge in [0.15, 0.2) is 12.6 Å². The number of nitrogens with zero attached hydrogens (tertiary/aromatic N) is 3. The Labute approximate surface area is 559 Å². The summed E-state index contributed by atoms with van der Waals surface area (Å²) in [7, 11) is 6.87. The zero-order valence-corrected chi connectivity index (χ0v) is 59.6. The largest absolute Gasteiger partial charge is 0.459 e. The Balaban J connectivity index is 0.000000512. The number of aliphatic hydroxyl groups is 10. The van der Waals surface area contributed by atoms with Gasteiger partial charge < -0.3 is 110 Å². The summed E-state index contributed by atoms with van der Waals surface area (Å²) in [6, 6.07) is 6.92. The van der Waals surface area contributed by atoms with Crippen LogP contribution < -0.4 is 10.6 Å². The van der Waals surface area contributed by atoms with Gasteiger partial charge in [-0.15, -0.1) is 0 Å². The van der Waals surface area contributed by atoms with E-state index in [4.69, 9.17) is 33.2 Å². The summed E-state index contributed by atoms with van der Waals surface area (Å²) < 4.78 is 41.4. The lowest BCUT2D eigenvalue weighted by Crippen LogP contribution is -2.60. The van der Waals surface area contributed by atoms with Crippen molar-refractivity contribution in [3.05, 3.63) is 35.9 Å². The van der Waals surface area contributed by atoms with Gasteiger partial charge in [0.25, 0.3) is 0 Å². The highest BCUT2D eigenvalue weighted by Gasteiger charge is 2.53. The molecule has 4 aliphatic heterocycles. The number of carbonyl (C=O) groups is 4. The van der Waals surface area contributed by atoms with E-state index in [1.807, 2.05) is 55.8 Å². The van der Waals surface area contributed by atoms with Crippen LogP contribution in [0.25, 0.3) is 0 Å². The minimum absolute atomic E-state index is 0. The molecule has 546 valence electrons. The van der Waals surface area contributed by atoms with Crippen LogP contribution in [-0.2, 0) is 54.1 Å². The van der Waals surface area contributed by atoms with Gasteiger partial charge in [-0.1, -0.05) is 71.9 Å². The van der Waals surface area contributed by atoms with E-state index in [1.54, 1.807) is 88.5 Å². The number of aliphatic hydroxyl groups excluding tert-OH is 6. The van der Waals surface area contributed by atoms with Crippen molar-refractivity contribution in [2.24, 2.45) is 35.5 Å². The smallest absolute Gasteiger partial charge is 0.407 e. The summed E-state index contributed by atoms with van der Waals surface area (Å²) in [4.78, 5) is 57.3. The van der Waals surface area contributed by atoms with E-state index in [2.05, 4.69) is 10.6 Å². The first-order valence-corrected chi connectivity index (χ1v) is 33.8. The summed E-state index contributed by atoms with van der Waals surface area (Å²) in [5.41, 5.74) is -5.93. The van der Waals surface area contributed by atoms with Crippen LogP contribution in [0.3, 0.4) is 0 Å². The molecule has 4 saturated heterocycles. The third kappa shape index (κ3) is 21.1. The molecule has 1 aromatic carbocycles. The van der Waals surface area contributed by atoms with Gasteiger partial charge >= 0.3 is 18.0 Å². The number of cyclic esters (lactones) is 2. The van der Waals surface area contributed by atoms with Gasteiger partial charge in [0.1, 0.15) is 61.0 Å². The summed E-state index contributed by atoms with van der Waals surface area (Å²) in [6.07, 6.45) is -14.3. The molecule has 2 amide bonds. The molecule has 26 heteroatoms. The maximum atomic E-state index is 13.5. The van der Waals surface area contributed by atoms with E-state index in [-0.39, 0.29) is 70.7 Å². The van der Waals surface area contributed by atoms with Crippen LogP contribution in [0.5, 0.6) is 0 Å². The number of nitrogens with one attached hydrogen (secondary N) is 2. The molecule has 4 aliphatic rings. The maximum Gasteiger partial charge on any atom is 0.407 e. The topological polar surface area (TPSA) is 369 Å². The SMILES string of the molecule is CC[C@H]1OC(=O)[C@H](C)[C@@H](O)[C@H](C)[C@@H](O[C@@H]2O[C@H](C)C[C@H](N(C)C(=O)CNC(=O)OCc3ccccc3)[C@H]2O)[C@](C)(O)C[C@@H](C)CN(C)[C@H](C)[C@@H](O)[C@]1(C)O.CC[C@H]1OC(=O)[C@H](C)[C@@H](O)[C@H](C)[C@@H](O[C@@H]2O[C@H](C)C[C@H](NC)[C@H]2O)[C@](C)(O)C[C@@H](C)CN(C)[C@H](C)[C@@H](O)[C@]1(C)O.[HH]. The Morgan fingerprint density at radius 1 is 0.638 bits per heavy atom. The second kappa shape index (κ2) is 35.3. The lowest BCUT2D eigenvalue weighted by atomic mass is 9.78. The molecule has 5 rings (SSSR count). The van der Waals surface area contributed by atoms with E-state index in [0.717, 1.165) is 5.56 Å². The fourth-order valence-corrected chi connectivity index (χ4v) is 14.4. The van der Waals surface area contributed by atoms with Gasteiger partial charge in [-0.2, -0.15) is 0 Å². The highest BCUT2D eigenvalue weighted by Crippen LogP contribution is 2.39. The molecule has 4 heterocycles. The molecule has 28 atom stereocenters. The molecule has 0 unspecified atom stereocenters. The summed E-state index contributed by atoms with van der Waals surface area (Å²) in [6.45, 7) is 27.4. The lowest BCUT2D eigenvalue weighted by molar-refractivity contribution is -0.298. The van der Waals surface area contributed by atoms with E-state index in [1.165, 1.54) is 39.6 Å². The molecule has 4 fully saturated rings. The number of hydrogen-bond acceptors (Lipinski definition) is 24. The van der Waals surface area contributed by atoms with Crippen molar-refractivity contribution in [3.63, 3.8) is 0 Å². The van der Waals surface area contributed by atoms with Crippen molar-refractivity contribution in [2.75, 3.05) is 47.8 Å². The average Bonchev–Trinajstić information content (AvgIpc) is 1.71. The Kier molecular flexibility index (Phi) is 31.0. The minimum Gasteiger partial charge on any atom is -0.459 e. The average molecular weight is 1350 g/mol. The number of esters is 2. The fraction of sp³-hybridized carbons (Fsp3) is 0.853. The molecule has 94 heavy (non-hydrogen) atoms. The predicted molar refractivity (Wildman–Crippen MR) is 351 cm³/mol. The molecular weight excluding hydrogens is 1220 g/mol. The number of amides is 2. The first kappa shape index (κ1) is 82.6. The van der Waals surface area contributed by atoms with Crippen molar-refractivity contribution < 1.29 is 105 Å². The first-order valence-electron chi connectivity index (χ1n) is 33.8. The van der Waals surface area contributed by atoms with Gasteiger partial charge in [0.2, 0.25) is 5.91 Å². The van der Waals surface area contributed by atoms with Gasteiger partial charge in [-0.3, -0.25) is 14.4 Å². The van der Waals surface area contributed by atoms with Gasteiger partial charge in [0.05, 0.1) is 65.7 Å². The molecule has 0 spiro atoms. The van der Waals surface area contributed by atoms with Crippen LogP contribution in [0.2, 0.25) is 0 Å². The molecule has 1 aromatic rings. The lowest BCUT2D eigenvalue weighted by Gasteiger charge is -2.47. The zero-order chi connectivity index (χ0) is 71.4. The third-order valence-corrected chi connectivity index (χ3v) is 20.5. The van der Waals surface area contributed by atoms with Crippen molar-refractivity contribution in [1.82, 2.24) is 25.3 Å². The Morgan fingerprint density at radius 3 is 1.45 bits per heavy atom. The van der Waals surface area contributed by atoms with Gasteiger partial charge in [-0.05, 0) is 146 Å². The minimum atomic E-state index is -1.81. The zero-order valence-electron chi connectivity index (χ0n) is 59.6. The van der Waals surface area contributed by atoms with Crippen LogP contribution in [0.4, 0.5) is 4.79 Å². The van der Waals surface area contributed by atoms with E-state index >= 15 is 0 Å². The van der Waals surface area contributed by atoms with E-state index in [9.17, 15) is 70.2 Å². The standard InChI is InChI=1S/C39H65N3O12.C29H56N2O9.H2/c1-11-29-39(8,50)33(46)26(6)41(9)20-22(2)18-38(7,49)34(24(4)31(44)25(5)35(47)53-29)54-36-32(45)28(17-23(3)52-36)42(10)30(43)19-40-37(48)51-21-27-15-13-12-14-16-27;1-11-21-29(8,37)24(34)19(6)31(10)14-15(2)13-28(7,36)25(17(4)22(32)18(5)26(35)39-21)40-27-23(33)20(30-9)12-16(3)38-27;/h12-16,22-26,28-29,31-34,36,44-46,49-50H,11,17-21H2,1-10H3,(H,40,48);15-25,27,30,32-34,36-37H,11-14H2,1-10H3;1H/t22-,23-,24+,25-,26-,28+,29-,31+,32-,33-,34-,36+,38-,39-;15-,16-,17+,18-,19-,20+,21-,22+,23-,24-,25-,27+,28-,29-;/m11./s1. The maximum absolute atomic E-state index is 13.5. The van der Waals surface area contributed by atoms with Crippen LogP contribution in [0.15, 0.2) is 30.3 Å². The van der Waals surface area contributed by atoms with E-state index < -0.39 is 168 Å². The number of carbonyl (C=O) groups excluding carboxylic acids is 4. The van der Waals surface area contributed by atoms with Crippen molar-refractivity contribution >= 4 is 23.9 Å². The molecule has 0 aliphatic carbocycles. The monoisotopic (exact) mass is 1350 g/mol. The number of ether oxygens (including phenoxy) is 7. The molecular formula is C68H123N5O21. The fourth-order valence-electron chi connectivity index (χ4n) is 14.4. The second-order valence-electron chi connectivity index (χ2n) is 29.1. The number of likely N-dealkylation sites (N-methyl/N-ethyl adjacent to an activating group) is 4. The molecule has 0 bridgehead atoms. The van der Waals surface area contributed by atoms with Crippen LogP contribution in [0.1, 0.15) is 156 Å². The molecule has 26 nitrogen and oxygen atoms in total. The second-order valence-corrected chi connectivity index (χ2v) is 29.1. The Hall–Kier alpha value is -3.78. The third-order valence-electron chi connectivity index (χ3n) is 20.5. The van der Waals surface area contributed by atoms with Crippen LogP contribution >= 0.6 is 0 Å². The number of hydrogen-bond donors (Lipinski definition) is 12. The van der Waals surface area contributed by atoms with Crippen molar-refractivity contribution in [1.29, 1.82) is 0 Å². The van der Waals surface area contributed by atoms with Crippen molar-refractivity contribution in [2.45, 2.75) is 288 Å². The van der Waals surface area contributed by atoms with Crippen LogP contribution in [-0.4, -0.2) is 270 Å². The predicted octanol–water partition coefficient (Wildman–Crippen LogP) is 2.68. The highest BCUT2D eigenvalue weighted by atomic mass is 16.7.